The molecule has 0 aliphatic carbocycles. The summed E-state index contributed by atoms with van der Waals surface area (Å²) in [5, 5.41) is 3.12. The molecule has 3 heteroatoms. The molecule has 0 amide bonds. The average Bonchev–Trinajstić information content (AvgIpc) is 2.07. The Hall–Kier alpha value is -1.09. The predicted molar refractivity (Wildman–Crippen MR) is 53.3 cm³/mol. The van der Waals surface area contributed by atoms with Crippen LogP contribution < -0.4 is 11.1 Å². The summed E-state index contributed by atoms with van der Waals surface area (Å²) in [4.78, 5) is 0. The van der Waals surface area contributed by atoms with E-state index in [-0.39, 0.29) is 11.9 Å². The third-order valence-corrected chi connectivity index (χ3v) is 1.79. The molecule has 3 N–H and O–H groups in total. The third-order valence-electron chi connectivity index (χ3n) is 1.79. The van der Waals surface area contributed by atoms with E-state index in [0.29, 0.717) is 12.1 Å². The Kier molecular flexibility index (Phi) is 3.25. The Morgan fingerprint density at radius 1 is 1.54 bits per heavy atom. The number of hydrogen-bond donors (Lipinski definition) is 2. The number of halogens is 1. The first-order valence-electron chi connectivity index (χ1n) is 4.35. The highest BCUT2D eigenvalue weighted by atomic mass is 19.1. The Morgan fingerprint density at radius 3 is 2.77 bits per heavy atom. The summed E-state index contributed by atoms with van der Waals surface area (Å²) in [6.07, 6.45) is 0. The van der Waals surface area contributed by atoms with Gasteiger partial charge >= 0.3 is 0 Å². The van der Waals surface area contributed by atoms with Crippen molar-refractivity contribution in [1.82, 2.24) is 0 Å². The summed E-state index contributed by atoms with van der Waals surface area (Å²) in [5.74, 6) is -0.175. The molecule has 0 bridgehead atoms. The highest BCUT2D eigenvalue weighted by Crippen LogP contribution is 2.13. The monoisotopic (exact) mass is 182 g/mol. The molecule has 0 fully saturated rings. The van der Waals surface area contributed by atoms with Crippen LogP contribution in [0, 0.1) is 12.7 Å². The third kappa shape index (κ3) is 3.03. The molecule has 0 saturated carbocycles. The van der Waals surface area contributed by atoms with Crippen molar-refractivity contribution >= 4 is 5.69 Å². The number of rotatable bonds is 3. The minimum atomic E-state index is -0.175. The molecule has 0 spiro atoms. The van der Waals surface area contributed by atoms with Gasteiger partial charge in [0.25, 0.3) is 0 Å². The Balaban J connectivity index is 2.63. The zero-order valence-electron chi connectivity index (χ0n) is 7.97. The Morgan fingerprint density at radius 2 is 2.23 bits per heavy atom. The van der Waals surface area contributed by atoms with Crippen LogP contribution in [0.15, 0.2) is 18.2 Å². The van der Waals surface area contributed by atoms with Gasteiger partial charge in [-0.2, -0.15) is 0 Å². The summed E-state index contributed by atoms with van der Waals surface area (Å²) >= 11 is 0. The van der Waals surface area contributed by atoms with Crippen LogP contribution in [-0.2, 0) is 0 Å². The minimum absolute atomic E-state index is 0.102. The molecule has 0 aliphatic heterocycles. The van der Waals surface area contributed by atoms with Crippen molar-refractivity contribution in [3.05, 3.63) is 29.6 Å². The van der Waals surface area contributed by atoms with Gasteiger partial charge in [-0.1, -0.05) is 0 Å². The summed E-state index contributed by atoms with van der Waals surface area (Å²) in [7, 11) is 0. The normalized spacial score (nSPS) is 12.6. The first-order chi connectivity index (χ1) is 6.09. The van der Waals surface area contributed by atoms with Crippen LogP contribution in [0.1, 0.15) is 12.5 Å². The highest BCUT2D eigenvalue weighted by molar-refractivity contribution is 5.45. The van der Waals surface area contributed by atoms with E-state index in [1.54, 1.807) is 19.1 Å². The second-order valence-electron chi connectivity index (χ2n) is 3.32. The van der Waals surface area contributed by atoms with E-state index >= 15 is 0 Å². The fraction of sp³-hybridized carbons (Fsp3) is 0.400. The van der Waals surface area contributed by atoms with Crippen molar-refractivity contribution in [2.24, 2.45) is 5.73 Å². The fourth-order valence-electron chi connectivity index (χ4n) is 1.03. The van der Waals surface area contributed by atoms with Gasteiger partial charge in [0, 0.05) is 18.3 Å². The topological polar surface area (TPSA) is 38.0 Å². The maximum absolute atomic E-state index is 12.8. The molecule has 13 heavy (non-hydrogen) atoms. The number of hydrogen-bond acceptors (Lipinski definition) is 2. The lowest BCUT2D eigenvalue weighted by atomic mass is 10.2. The van der Waals surface area contributed by atoms with Crippen molar-refractivity contribution in [3.8, 4) is 0 Å². The van der Waals surface area contributed by atoms with E-state index < -0.39 is 0 Å². The lowest BCUT2D eigenvalue weighted by molar-refractivity contribution is 0.618. The zero-order valence-corrected chi connectivity index (χ0v) is 7.97. The zero-order chi connectivity index (χ0) is 9.84. The molecular weight excluding hydrogens is 167 g/mol. The smallest absolute Gasteiger partial charge is 0.126 e. The van der Waals surface area contributed by atoms with Crippen molar-refractivity contribution in [2.75, 3.05) is 11.9 Å². The van der Waals surface area contributed by atoms with Crippen molar-refractivity contribution in [3.63, 3.8) is 0 Å². The molecular formula is C10H15FN2. The van der Waals surface area contributed by atoms with Crippen molar-refractivity contribution in [1.29, 1.82) is 0 Å². The van der Waals surface area contributed by atoms with Crippen LogP contribution in [-0.4, -0.2) is 12.6 Å². The van der Waals surface area contributed by atoms with Gasteiger partial charge in [0.15, 0.2) is 0 Å². The fourth-order valence-corrected chi connectivity index (χ4v) is 1.03. The van der Waals surface area contributed by atoms with Crippen LogP contribution in [0.2, 0.25) is 0 Å². The lowest BCUT2D eigenvalue weighted by Crippen LogP contribution is -2.25. The second kappa shape index (κ2) is 4.23. The maximum atomic E-state index is 12.8. The van der Waals surface area contributed by atoms with Crippen LogP contribution in [0.4, 0.5) is 10.1 Å². The molecule has 1 unspecified atom stereocenters. The maximum Gasteiger partial charge on any atom is 0.126 e. The minimum Gasteiger partial charge on any atom is -0.383 e. The summed E-state index contributed by atoms with van der Waals surface area (Å²) < 4.78 is 12.8. The molecule has 0 saturated heterocycles. The van der Waals surface area contributed by atoms with Gasteiger partial charge in [0.2, 0.25) is 0 Å². The van der Waals surface area contributed by atoms with E-state index in [0.717, 1.165) is 5.69 Å². The van der Waals surface area contributed by atoms with Gasteiger partial charge in [0.1, 0.15) is 5.82 Å². The molecule has 1 rings (SSSR count). The molecule has 0 aliphatic rings. The van der Waals surface area contributed by atoms with Crippen LogP contribution in [0.3, 0.4) is 0 Å². The molecule has 2 nitrogen and oxygen atoms in total. The predicted octanol–water partition coefficient (Wildman–Crippen LogP) is 1.89. The van der Waals surface area contributed by atoms with Crippen LogP contribution >= 0.6 is 0 Å². The first-order valence-corrected chi connectivity index (χ1v) is 4.35. The standard InChI is InChI=1S/C10H15FN2/c1-7-5-9(3-4-10(7)11)13-6-8(2)12/h3-5,8,13H,6,12H2,1-2H3. The Bertz CT molecular complexity index is 284. The van der Waals surface area contributed by atoms with E-state index in [4.69, 9.17) is 5.73 Å². The van der Waals surface area contributed by atoms with Crippen LogP contribution in [0.5, 0.6) is 0 Å². The molecule has 1 atom stereocenters. The SMILES string of the molecule is Cc1cc(NCC(C)N)ccc1F. The average molecular weight is 182 g/mol. The quantitative estimate of drug-likeness (QED) is 0.749. The summed E-state index contributed by atoms with van der Waals surface area (Å²) in [5.41, 5.74) is 7.13. The van der Waals surface area contributed by atoms with Gasteiger partial charge < -0.3 is 11.1 Å². The van der Waals surface area contributed by atoms with Gasteiger partial charge in [0.05, 0.1) is 0 Å². The van der Waals surface area contributed by atoms with Gasteiger partial charge in [-0.25, -0.2) is 4.39 Å². The molecule has 72 valence electrons. The number of anilines is 1. The summed E-state index contributed by atoms with van der Waals surface area (Å²) in [6.45, 7) is 4.36. The van der Waals surface area contributed by atoms with E-state index in [1.165, 1.54) is 6.07 Å². The van der Waals surface area contributed by atoms with Crippen molar-refractivity contribution < 1.29 is 4.39 Å². The number of nitrogens with two attached hydrogens (primary N) is 1. The van der Waals surface area contributed by atoms with Crippen LogP contribution in [0.25, 0.3) is 0 Å². The van der Waals surface area contributed by atoms with Crippen molar-refractivity contribution in [2.45, 2.75) is 19.9 Å². The summed E-state index contributed by atoms with van der Waals surface area (Å²) in [6, 6.07) is 5.05. The van der Waals surface area contributed by atoms with Gasteiger partial charge in [-0.05, 0) is 37.6 Å². The van der Waals surface area contributed by atoms with Gasteiger partial charge in [-0.3, -0.25) is 0 Å². The molecule has 1 aromatic carbocycles. The number of nitrogens with one attached hydrogen (secondary N) is 1. The Labute approximate surface area is 77.9 Å². The van der Waals surface area contributed by atoms with E-state index in [2.05, 4.69) is 5.32 Å². The molecule has 1 aromatic rings. The molecule has 0 aromatic heterocycles. The van der Waals surface area contributed by atoms with Gasteiger partial charge in [-0.15, -0.1) is 0 Å². The second-order valence-corrected chi connectivity index (χ2v) is 3.32. The highest BCUT2D eigenvalue weighted by Gasteiger charge is 1.99. The largest absolute Gasteiger partial charge is 0.383 e. The first kappa shape index (κ1) is 9.99. The molecule has 0 radical (unpaired) electrons. The van der Waals surface area contributed by atoms with E-state index in [1.807, 2.05) is 6.92 Å². The number of benzene rings is 1. The number of aryl methyl sites for hydroxylation is 1. The molecule has 0 heterocycles. The lowest BCUT2D eigenvalue weighted by Gasteiger charge is -2.09. The van der Waals surface area contributed by atoms with E-state index in [9.17, 15) is 4.39 Å².